The van der Waals surface area contributed by atoms with Crippen molar-refractivity contribution in [2.24, 2.45) is 0 Å². The average molecular weight is 473 g/mol. The van der Waals surface area contributed by atoms with Crippen LogP contribution in [0.25, 0.3) is 0 Å². The van der Waals surface area contributed by atoms with Gasteiger partial charge in [-0.1, -0.05) is 37.5 Å². The molecule has 176 valence electrons. The number of alkyl halides is 1. The van der Waals surface area contributed by atoms with Crippen LogP contribution in [0.15, 0.2) is 42.5 Å². The second kappa shape index (κ2) is 10.8. The predicted molar refractivity (Wildman–Crippen MR) is 125 cm³/mol. The van der Waals surface area contributed by atoms with Gasteiger partial charge in [0, 0.05) is 12.6 Å². The number of amides is 2. The molecule has 4 rings (SSSR count). The van der Waals surface area contributed by atoms with Crippen molar-refractivity contribution < 1.29 is 23.8 Å². The van der Waals surface area contributed by atoms with E-state index in [-0.39, 0.29) is 37.1 Å². The summed E-state index contributed by atoms with van der Waals surface area (Å²) >= 11 is 5.99. The highest BCUT2D eigenvalue weighted by Gasteiger charge is 2.33. The van der Waals surface area contributed by atoms with Crippen LogP contribution in [-0.4, -0.2) is 42.5 Å². The highest BCUT2D eigenvalue weighted by atomic mass is 35.5. The van der Waals surface area contributed by atoms with Gasteiger partial charge in [-0.15, -0.1) is 11.6 Å². The van der Waals surface area contributed by atoms with Gasteiger partial charge in [0.1, 0.15) is 17.7 Å². The van der Waals surface area contributed by atoms with E-state index in [1.165, 1.54) is 11.3 Å². The Morgan fingerprint density at radius 1 is 1.09 bits per heavy atom. The third kappa shape index (κ3) is 5.53. The Balaban J connectivity index is 1.65. The van der Waals surface area contributed by atoms with E-state index < -0.39 is 6.04 Å². The van der Waals surface area contributed by atoms with Crippen LogP contribution >= 0.6 is 11.6 Å². The van der Waals surface area contributed by atoms with Crippen LogP contribution < -0.4 is 19.5 Å². The molecule has 1 heterocycles. The normalized spacial score (nSPS) is 16.2. The molecule has 7 nitrogen and oxygen atoms in total. The Hall–Kier alpha value is -2.93. The van der Waals surface area contributed by atoms with E-state index in [0.717, 1.165) is 31.2 Å². The number of nitrogens with one attached hydrogen (secondary N) is 1. The van der Waals surface area contributed by atoms with Crippen molar-refractivity contribution in [3.63, 3.8) is 0 Å². The molecule has 1 fully saturated rings. The molecule has 0 spiro atoms. The molecule has 1 unspecified atom stereocenters. The molecule has 0 saturated heterocycles. The van der Waals surface area contributed by atoms with Gasteiger partial charge in [0.2, 0.25) is 18.6 Å². The fourth-order valence-electron chi connectivity index (χ4n) is 4.42. The number of methoxy groups -OCH3 is 1. The number of rotatable bonds is 8. The second-order valence-corrected chi connectivity index (χ2v) is 8.63. The predicted octanol–water partition coefficient (Wildman–Crippen LogP) is 4.18. The second-order valence-electron chi connectivity index (χ2n) is 8.36. The molecular formula is C25H29ClN2O5. The lowest BCUT2D eigenvalue weighted by Gasteiger charge is -2.33. The lowest BCUT2D eigenvalue weighted by Crippen LogP contribution is -2.47. The average Bonchev–Trinajstić information content (AvgIpc) is 3.32. The Labute approximate surface area is 198 Å². The van der Waals surface area contributed by atoms with Gasteiger partial charge < -0.3 is 24.4 Å². The molecule has 1 saturated carbocycles. The monoisotopic (exact) mass is 472 g/mol. The summed E-state index contributed by atoms with van der Waals surface area (Å²) in [4.78, 5) is 28.1. The lowest BCUT2D eigenvalue weighted by molar-refractivity contribution is -0.140. The minimum absolute atomic E-state index is 0.116. The minimum atomic E-state index is -0.825. The van der Waals surface area contributed by atoms with Gasteiger partial charge in [-0.2, -0.15) is 0 Å². The number of ether oxygens (including phenoxy) is 3. The van der Waals surface area contributed by atoms with Crippen LogP contribution in [0, 0.1) is 0 Å². The molecule has 2 amide bonds. The van der Waals surface area contributed by atoms with Gasteiger partial charge in [0.05, 0.1) is 7.11 Å². The molecule has 1 N–H and O–H groups in total. The van der Waals surface area contributed by atoms with Crippen LogP contribution in [0.4, 0.5) is 0 Å². The molecule has 1 atom stereocenters. The smallest absolute Gasteiger partial charge is 0.247 e. The summed E-state index contributed by atoms with van der Waals surface area (Å²) in [5.74, 6) is 1.21. The first-order chi connectivity index (χ1) is 16.1. The van der Waals surface area contributed by atoms with Crippen molar-refractivity contribution in [1.29, 1.82) is 0 Å². The summed E-state index contributed by atoms with van der Waals surface area (Å²) in [6.45, 7) is 0.373. The zero-order chi connectivity index (χ0) is 23.2. The van der Waals surface area contributed by atoms with E-state index in [2.05, 4.69) is 5.32 Å². The molecule has 0 bridgehead atoms. The summed E-state index contributed by atoms with van der Waals surface area (Å²) in [6, 6.07) is 12.0. The van der Waals surface area contributed by atoms with Gasteiger partial charge >= 0.3 is 0 Å². The fourth-order valence-corrected chi connectivity index (χ4v) is 4.58. The van der Waals surface area contributed by atoms with E-state index >= 15 is 0 Å². The highest BCUT2D eigenvalue weighted by Crippen LogP contribution is 2.34. The molecule has 1 aliphatic heterocycles. The van der Waals surface area contributed by atoms with Crippen molar-refractivity contribution in [3.8, 4) is 17.2 Å². The van der Waals surface area contributed by atoms with Crippen LogP contribution in [-0.2, 0) is 16.1 Å². The molecule has 2 aromatic carbocycles. The molecule has 0 radical (unpaired) electrons. The van der Waals surface area contributed by atoms with E-state index in [9.17, 15) is 9.59 Å². The fraction of sp³-hybridized carbons (Fsp3) is 0.440. The summed E-state index contributed by atoms with van der Waals surface area (Å²) in [5.41, 5.74) is 1.52. The largest absolute Gasteiger partial charge is 0.497 e. The Morgan fingerprint density at radius 3 is 2.52 bits per heavy atom. The van der Waals surface area contributed by atoms with Crippen molar-refractivity contribution in [2.75, 3.05) is 19.8 Å². The zero-order valence-electron chi connectivity index (χ0n) is 18.7. The summed E-state index contributed by atoms with van der Waals surface area (Å²) in [6.07, 6.45) is 5.29. The molecule has 2 aliphatic rings. The minimum Gasteiger partial charge on any atom is -0.497 e. The maximum Gasteiger partial charge on any atom is 0.247 e. The van der Waals surface area contributed by atoms with Crippen LogP contribution in [0.2, 0.25) is 0 Å². The Kier molecular flexibility index (Phi) is 7.60. The number of fused-ring (bicyclic) bond motifs is 1. The van der Waals surface area contributed by atoms with Gasteiger partial charge in [0.25, 0.3) is 0 Å². The van der Waals surface area contributed by atoms with Crippen LogP contribution in [0.1, 0.15) is 49.3 Å². The number of hydrogen-bond donors (Lipinski definition) is 1. The SMILES string of the molecule is COc1ccc(C(C(=O)NC2CCCCC2)N(Cc2ccc3c(c2)OCO3)C(=O)CCl)cc1. The van der Waals surface area contributed by atoms with Gasteiger partial charge in [-0.25, -0.2) is 0 Å². The van der Waals surface area contributed by atoms with Crippen molar-refractivity contribution in [2.45, 2.75) is 50.7 Å². The third-order valence-electron chi connectivity index (χ3n) is 6.17. The molecular weight excluding hydrogens is 444 g/mol. The van der Waals surface area contributed by atoms with Gasteiger partial charge in [0.15, 0.2) is 11.5 Å². The first-order valence-corrected chi connectivity index (χ1v) is 11.8. The molecule has 1 aliphatic carbocycles. The third-order valence-corrected chi connectivity index (χ3v) is 6.40. The summed E-state index contributed by atoms with van der Waals surface area (Å²) in [7, 11) is 1.59. The molecule has 33 heavy (non-hydrogen) atoms. The lowest BCUT2D eigenvalue weighted by atomic mass is 9.94. The standard InChI is InChI=1S/C25H29ClN2O5/c1-31-20-10-8-18(9-11-20)24(25(30)27-19-5-3-2-4-6-19)28(23(29)14-26)15-17-7-12-21-22(13-17)33-16-32-21/h7-13,19,24H,2-6,14-16H2,1H3,(H,27,30). The maximum absolute atomic E-state index is 13.6. The number of benzene rings is 2. The number of carbonyl (C=O) groups is 2. The van der Waals surface area contributed by atoms with Crippen LogP contribution in [0.3, 0.4) is 0 Å². The number of hydrogen-bond acceptors (Lipinski definition) is 5. The topological polar surface area (TPSA) is 77.1 Å². The molecule has 2 aromatic rings. The van der Waals surface area contributed by atoms with E-state index in [1.54, 1.807) is 19.2 Å². The van der Waals surface area contributed by atoms with Gasteiger partial charge in [-0.3, -0.25) is 9.59 Å². The highest BCUT2D eigenvalue weighted by molar-refractivity contribution is 6.27. The summed E-state index contributed by atoms with van der Waals surface area (Å²) < 4.78 is 16.1. The maximum atomic E-state index is 13.6. The first-order valence-electron chi connectivity index (χ1n) is 11.3. The van der Waals surface area contributed by atoms with E-state index in [4.69, 9.17) is 25.8 Å². The van der Waals surface area contributed by atoms with E-state index in [0.29, 0.717) is 22.8 Å². The summed E-state index contributed by atoms with van der Waals surface area (Å²) in [5, 5.41) is 3.18. The first kappa shape index (κ1) is 23.2. The van der Waals surface area contributed by atoms with E-state index in [1.807, 2.05) is 30.3 Å². The van der Waals surface area contributed by atoms with Crippen LogP contribution in [0.5, 0.6) is 17.2 Å². The Bertz CT molecular complexity index is 975. The quantitative estimate of drug-likeness (QED) is 0.583. The Morgan fingerprint density at radius 2 is 1.82 bits per heavy atom. The molecule has 0 aromatic heterocycles. The van der Waals surface area contributed by atoms with Gasteiger partial charge in [-0.05, 0) is 48.2 Å². The number of halogens is 1. The zero-order valence-corrected chi connectivity index (χ0v) is 19.5. The number of carbonyl (C=O) groups excluding carboxylic acids is 2. The molecule has 8 heteroatoms. The van der Waals surface area contributed by atoms with Crippen molar-refractivity contribution in [1.82, 2.24) is 10.2 Å². The van der Waals surface area contributed by atoms with Crippen molar-refractivity contribution >= 4 is 23.4 Å². The number of nitrogens with zero attached hydrogens (tertiary/aromatic N) is 1. The van der Waals surface area contributed by atoms with Crippen molar-refractivity contribution in [3.05, 3.63) is 53.6 Å².